The molecule has 0 spiro atoms. The highest BCUT2D eigenvalue weighted by atomic mass is 79.9. The van der Waals surface area contributed by atoms with Crippen molar-refractivity contribution in [3.8, 4) is 0 Å². The summed E-state index contributed by atoms with van der Waals surface area (Å²) in [7, 11) is 0. The quantitative estimate of drug-likeness (QED) is 0.802. The molecule has 0 saturated heterocycles. The number of aliphatic hydroxyl groups is 1. The van der Waals surface area contributed by atoms with E-state index in [1.54, 1.807) is 0 Å². The number of aryl methyl sites for hydroxylation is 1. The third kappa shape index (κ3) is 1.85. The second-order valence-corrected chi connectivity index (χ2v) is 5.03. The van der Waals surface area contributed by atoms with Crippen LogP contribution in [0.25, 0.3) is 0 Å². The lowest BCUT2D eigenvalue weighted by Crippen LogP contribution is -2.48. The van der Waals surface area contributed by atoms with Crippen LogP contribution in [-0.2, 0) is 12.8 Å². The van der Waals surface area contributed by atoms with Crippen LogP contribution < -0.4 is 5.73 Å². The maximum Gasteiger partial charge on any atom is 0.0614 e. The van der Waals surface area contributed by atoms with E-state index in [0.717, 1.165) is 23.7 Å². The molecule has 2 rings (SSSR count). The lowest BCUT2D eigenvalue weighted by molar-refractivity contribution is 0.181. The Balaban J connectivity index is 2.33. The SMILES string of the molecule is N[C@]1(CO)CCc2ccc(Br)cc2C1. The molecule has 2 nitrogen and oxygen atoms in total. The van der Waals surface area contributed by atoms with E-state index in [1.165, 1.54) is 11.1 Å². The number of fused-ring (bicyclic) bond motifs is 1. The zero-order valence-corrected chi connectivity index (χ0v) is 9.55. The molecule has 3 N–H and O–H groups in total. The van der Waals surface area contributed by atoms with Crippen molar-refractivity contribution in [3.05, 3.63) is 33.8 Å². The van der Waals surface area contributed by atoms with E-state index in [4.69, 9.17) is 5.73 Å². The number of nitrogens with two attached hydrogens (primary N) is 1. The van der Waals surface area contributed by atoms with E-state index in [-0.39, 0.29) is 6.61 Å². The standard InChI is InChI=1S/C11H14BrNO/c12-10-2-1-8-3-4-11(13,7-14)6-9(8)5-10/h1-2,5,14H,3-4,6-7,13H2/t11-/m1/s1. The Morgan fingerprint density at radius 3 is 2.93 bits per heavy atom. The van der Waals surface area contributed by atoms with Crippen LogP contribution in [0.2, 0.25) is 0 Å². The van der Waals surface area contributed by atoms with Gasteiger partial charge in [0.1, 0.15) is 0 Å². The fourth-order valence-corrected chi connectivity index (χ4v) is 2.40. The Morgan fingerprint density at radius 2 is 2.21 bits per heavy atom. The van der Waals surface area contributed by atoms with Crippen LogP contribution in [0.5, 0.6) is 0 Å². The van der Waals surface area contributed by atoms with Crippen LogP contribution in [0.3, 0.4) is 0 Å². The average molecular weight is 256 g/mol. The summed E-state index contributed by atoms with van der Waals surface area (Å²) in [6, 6.07) is 6.30. The number of hydrogen-bond acceptors (Lipinski definition) is 2. The van der Waals surface area contributed by atoms with Crippen LogP contribution in [-0.4, -0.2) is 17.3 Å². The van der Waals surface area contributed by atoms with Crippen molar-refractivity contribution in [2.45, 2.75) is 24.8 Å². The molecule has 1 aliphatic rings. The smallest absolute Gasteiger partial charge is 0.0614 e. The molecule has 0 radical (unpaired) electrons. The molecule has 0 bridgehead atoms. The first kappa shape index (κ1) is 10.1. The second kappa shape index (κ2) is 3.65. The van der Waals surface area contributed by atoms with Crippen LogP contribution in [0.15, 0.2) is 22.7 Å². The van der Waals surface area contributed by atoms with Gasteiger partial charge in [0.15, 0.2) is 0 Å². The van der Waals surface area contributed by atoms with E-state index in [0.29, 0.717) is 0 Å². The highest BCUT2D eigenvalue weighted by molar-refractivity contribution is 9.10. The van der Waals surface area contributed by atoms with Crippen molar-refractivity contribution < 1.29 is 5.11 Å². The van der Waals surface area contributed by atoms with Gasteiger partial charge in [-0.05, 0) is 42.5 Å². The largest absolute Gasteiger partial charge is 0.394 e. The number of rotatable bonds is 1. The van der Waals surface area contributed by atoms with Crippen molar-refractivity contribution >= 4 is 15.9 Å². The van der Waals surface area contributed by atoms with Crippen molar-refractivity contribution in [2.75, 3.05) is 6.61 Å². The Morgan fingerprint density at radius 1 is 1.43 bits per heavy atom. The Labute approximate surface area is 92.3 Å². The van der Waals surface area contributed by atoms with Crippen LogP contribution in [0.1, 0.15) is 17.5 Å². The minimum absolute atomic E-state index is 0.0684. The molecule has 0 unspecified atom stereocenters. The summed E-state index contributed by atoms with van der Waals surface area (Å²) in [5.74, 6) is 0. The van der Waals surface area contributed by atoms with Gasteiger partial charge in [-0.3, -0.25) is 0 Å². The fourth-order valence-electron chi connectivity index (χ4n) is 1.99. The predicted octanol–water partition coefficient (Wildman–Crippen LogP) is 1.63. The van der Waals surface area contributed by atoms with Gasteiger partial charge in [0, 0.05) is 10.0 Å². The first-order chi connectivity index (χ1) is 6.63. The van der Waals surface area contributed by atoms with Crippen LogP contribution in [0.4, 0.5) is 0 Å². The molecule has 14 heavy (non-hydrogen) atoms. The zero-order chi connectivity index (χ0) is 10.2. The van der Waals surface area contributed by atoms with E-state index in [9.17, 15) is 5.11 Å². The van der Waals surface area contributed by atoms with Gasteiger partial charge in [0.05, 0.1) is 6.61 Å². The Hall–Kier alpha value is -0.380. The molecular weight excluding hydrogens is 242 g/mol. The molecule has 1 aliphatic carbocycles. The molecule has 1 aromatic carbocycles. The normalized spacial score (nSPS) is 25.9. The van der Waals surface area contributed by atoms with E-state index in [2.05, 4.69) is 34.1 Å². The summed E-state index contributed by atoms with van der Waals surface area (Å²) >= 11 is 3.45. The molecule has 0 aliphatic heterocycles. The summed E-state index contributed by atoms with van der Waals surface area (Å²) in [4.78, 5) is 0. The average Bonchev–Trinajstić information content (AvgIpc) is 2.17. The Bertz CT molecular complexity index is 353. The topological polar surface area (TPSA) is 46.2 Å². The molecule has 76 valence electrons. The van der Waals surface area contributed by atoms with Gasteiger partial charge in [0.25, 0.3) is 0 Å². The first-order valence-corrected chi connectivity index (χ1v) is 5.59. The fraction of sp³-hybridized carbons (Fsp3) is 0.455. The summed E-state index contributed by atoms with van der Waals surface area (Å²) in [6.07, 6.45) is 2.62. The molecular formula is C11H14BrNO. The maximum absolute atomic E-state index is 9.21. The minimum atomic E-state index is -0.409. The highest BCUT2D eigenvalue weighted by Gasteiger charge is 2.29. The molecule has 0 aromatic heterocycles. The van der Waals surface area contributed by atoms with Gasteiger partial charge < -0.3 is 10.8 Å². The van der Waals surface area contributed by atoms with Gasteiger partial charge in [-0.25, -0.2) is 0 Å². The lowest BCUT2D eigenvalue weighted by Gasteiger charge is -2.33. The number of hydrogen-bond donors (Lipinski definition) is 2. The van der Waals surface area contributed by atoms with Gasteiger partial charge in [-0.15, -0.1) is 0 Å². The molecule has 3 heteroatoms. The zero-order valence-electron chi connectivity index (χ0n) is 7.96. The highest BCUT2D eigenvalue weighted by Crippen LogP contribution is 2.28. The van der Waals surface area contributed by atoms with Gasteiger partial charge in [-0.1, -0.05) is 22.0 Å². The monoisotopic (exact) mass is 255 g/mol. The van der Waals surface area contributed by atoms with Gasteiger partial charge >= 0.3 is 0 Å². The molecule has 0 heterocycles. The van der Waals surface area contributed by atoms with E-state index < -0.39 is 5.54 Å². The van der Waals surface area contributed by atoms with Crippen molar-refractivity contribution in [1.29, 1.82) is 0 Å². The third-order valence-corrected chi connectivity index (χ3v) is 3.41. The lowest BCUT2D eigenvalue weighted by atomic mass is 9.79. The summed E-state index contributed by atoms with van der Waals surface area (Å²) < 4.78 is 1.08. The predicted molar refractivity (Wildman–Crippen MR) is 60.2 cm³/mol. The van der Waals surface area contributed by atoms with Crippen molar-refractivity contribution in [3.63, 3.8) is 0 Å². The number of aliphatic hydroxyl groups excluding tert-OH is 1. The minimum Gasteiger partial charge on any atom is -0.394 e. The summed E-state index contributed by atoms with van der Waals surface area (Å²) in [5, 5.41) is 9.21. The van der Waals surface area contributed by atoms with Gasteiger partial charge in [0.2, 0.25) is 0 Å². The third-order valence-electron chi connectivity index (χ3n) is 2.92. The molecule has 1 atom stereocenters. The van der Waals surface area contributed by atoms with Crippen LogP contribution in [0, 0.1) is 0 Å². The van der Waals surface area contributed by atoms with Crippen LogP contribution >= 0.6 is 15.9 Å². The summed E-state index contributed by atoms with van der Waals surface area (Å²) in [5.41, 5.74) is 8.28. The van der Waals surface area contributed by atoms with E-state index in [1.807, 2.05) is 0 Å². The van der Waals surface area contributed by atoms with Crippen molar-refractivity contribution in [2.24, 2.45) is 5.73 Å². The maximum atomic E-state index is 9.21. The summed E-state index contributed by atoms with van der Waals surface area (Å²) in [6.45, 7) is 0.0684. The Kier molecular flexibility index (Phi) is 2.64. The molecule has 0 amide bonds. The van der Waals surface area contributed by atoms with Crippen molar-refractivity contribution in [1.82, 2.24) is 0 Å². The molecule has 1 aromatic rings. The van der Waals surface area contributed by atoms with Gasteiger partial charge in [-0.2, -0.15) is 0 Å². The first-order valence-electron chi connectivity index (χ1n) is 4.80. The van der Waals surface area contributed by atoms with E-state index >= 15 is 0 Å². The number of halogens is 1. The second-order valence-electron chi connectivity index (χ2n) is 4.11. The number of benzene rings is 1. The molecule has 0 fully saturated rings. The molecule has 0 saturated carbocycles.